The predicted octanol–water partition coefficient (Wildman–Crippen LogP) is 4.28. The lowest BCUT2D eigenvalue weighted by Crippen LogP contribution is -2.23. The number of hydrogen-bond donors (Lipinski definition) is 1. The fourth-order valence-corrected chi connectivity index (χ4v) is 3.21. The molecule has 0 unspecified atom stereocenters. The van der Waals surface area contributed by atoms with E-state index in [-0.39, 0.29) is 5.69 Å². The van der Waals surface area contributed by atoms with Crippen molar-refractivity contribution in [3.05, 3.63) is 46.1 Å². The molecule has 3 heteroatoms. The lowest BCUT2D eigenvalue weighted by molar-refractivity contribution is 0.325. The molecule has 1 aliphatic carbocycles. The van der Waals surface area contributed by atoms with E-state index in [1.165, 1.54) is 38.5 Å². The number of aryl methyl sites for hydroxylation is 2. The van der Waals surface area contributed by atoms with Crippen LogP contribution in [0.5, 0.6) is 0 Å². The van der Waals surface area contributed by atoms with Crippen LogP contribution in [-0.2, 0) is 6.54 Å². The molecule has 1 aliphatic rings. The first-order valence-corrected chi connectivity index (χ1v) is 8.27. The molecule has 1 fully saturated rings. The molecule has 0 radical (unpaired) electrons. The van der Waals surface area contributed by atoms with Crippen molar-refractivity contribution in [1.29, 1.82) is 0 Å². The summed E-state index contributed by atoms with van der Waals surface area (Å²) in [6.45, 7) is 4.74. The molecule has 2 rings (SSSR count). The van der Waals surface area contributed by atoms with Crippen LogP contribution < -0.4 is 5.69 Å². The van der Waals surface area contributed by atoms with Gasteiger partial charge in [-0.25, -0.2) is 4.79 Å². The van der Waals surface area contributed by atoms with Crippen LogP contribution in [0, 0.1) is 19.8 Å². The van der Waals surface area contributed by atoms with E-state index in [4.69, 9.17) is 0 Å². The molecule has 1 aromatic heterocycles. The van der Waals surface area contributed by atoms with Gasteiger partial charge >= 0.3 is 5.69 Å². The maximum Gasteiger partial charge on any atom is 0.325 e. The molecule has 0 saturated heterocycles. The normalized spacial score (nSPS) is 15.7. The Morgan fingerprint density at radius 3 is 2.62 bits per heavy atom. The molecular weight excluding hydrogens is 260 g/mol. The molecular formula is C18H28N2O. The molecule has 0 atom stereocenters. The molecule has 21 heavy (non-hydrogen) atoms. The van der Waals surface area contributed by atoms with Crippen LogP contribution in [0.3, 0.4) is 0 Å². The topological polar surface area (TPSA) is 37.8 Å². The highest BCUT2D eigenvalue weighted by Gasteiger charge is 2.12. The summed E-state index contributed by atoms with van der Waals surface area (Å²) in [6.07, 6.45) is 9.30. The number of H-pyrrole nitrogens is 1. The van der Waals surface area contributed by atoms with Crippen molar-refractivity contribution < 1.29 is 0 Å². The molecule has 0 amide bonds. The summed E-state index contributed by atoms with van der Waals surface area (Å²) in [6, 6.07) is 7.89. The van der Waals surface area contributed by atoms with E-state index in [2.05, 4.69) is 4.98 Å². The third-order valence-electron chi connectivity index (χ3n) is 4.49. The molecule has 1 heterocycles. The van der Waals surface area contributed by atoms with E-state index >= 15 is 0 Å². The van der Waals surface area contributed by atoms with E-state index in [0.29, 0.717) is 0 Å². The summed E-state index contributed by atoms with van der Waals surface area (Å²) in [7, 11) is 0. The van der Waals surface area contributed by atoms with Gasteiger partial charge in [0, 0.05) is 17.9 Å². The van der Waals surface area contributed by atoms with Gasteiger partial charge in [0.1, 0.15) is 0 Å². The Morgan fingerprint density at radius 1 is 1.14 bits per heavy atom. The van der Waals surface area contributed by atoms with Crippen molar-refractivity contribution in [3.8, 4) is 0 Å². The number of nitrogens with zero attached hydrogens (tertiary/aromatic N) is 1. The second-order valence-corrected chi connectivity index (χ2v) is 6.27. The third kappa shape index (κ3) is 5.07. The van der Waals surface area contributed by atoms with E-state index in [0.717, 1.165) is 30.3 Å². The Balaban J connectivity index is 2.08. The zero-order valence-corrected chi connectivity index (χ0v) is 13.4. The van der Waals surface area contributed by atoms with E-state index < -0.39 is 0 Å². The van der Waals surface area contributed by atoms with Gasteiger partial charge in [0.25, 0.3) is 0 Å². The Kier molecular flexibility index (Phi) is 6.09. The van der Waals surface area contributed by atoms with E-state index in [1.54, 1.807) is 0 Å². The average molecular weight is 288 g/mol. The van der Waals surface area contributed by atoms with Gasteiger partial charge in [0.2, 0.25) is 0 Å². The number of rotatable bonds is 4. The summed E-state index contributed by atoms with van der Waals surface area (Å²) >= 11 is 0. The van der Waals surface area contributed by atoms with Crippen LogP contribution in [0.1, 0.15) is 56.3 Å². The molecule has 3 nitrogen and oxygen atoms in total. The minimum atomic E-state index is -0.00940. The number of hydrogen-bond acceptors (Lipinski definition) is 1. The molecule has 1 N–H and O–H groups in total. The fourth-order valence-electron chi connectivity index (χ4n) is 3.21. The van der Waals surface area contributed by atoms with Crippen molar-refractivity contribution in [3.63, 3.8) is 0 Å². The summed E-state index contributed by atoms with van der Waals surface area (Å²) < 4.78 is 1.87. The highest BCUT2D eigenvalue weighted by molar-refractivity contribution is 5.04. The van der Waals surface area contributed by atoms with Crippen molar-refractivity contribution in [2.75, 3.05) is 0 Å². The van der Waals surface area contributed by atoms with Crippen LogP contribution in [0.25, 0.3) is 0 Å². The quantitative estimate of drug-likeness (QED) is 0.882. The number of nitrogens with one attached hydrogen (secondary N) is 1. The Hall–Kier alpha value is -1.51. The molecule has 116 valence electrons. The van der Waals surface area contributed by atoms with Crippen LogP contribution in [0.4, 0.5) is 0 Å². The number of aromatic nitrogens is 2. The standard InChI is InChI=1S/C18H28N2O/c1-15-9-6-7-10-16(2)20(18(21)19-15)14-8-13-17-11-4-3-5-12-17/h6-7,9-10,17H,3-5,8,11-14H2,1-2H3,(H,19,21). The zero-order chi connectivity index (χ0) is 15.1. The van der Waals surface area contributed by atoms with Gasteiger partial charge in [-0.3, -0.25) is 4.57 Å². The van der Waals surface area contributed by atoms with Gasteiger partial charge in [-0.15, -0.1) is 0 Å². The summed E-state index contributed by atoms with van der Waals surface area (Å²) in [4.78, 5) is 15.3. The fraction of sp³-hybridized carbons (Fsp3) is 0.611. The van der Waals surface area contributed by atoms with E-state index in [1.807, 2.05) is 42.7 Å². The SMILES string of the molecule is Cc1ccccc(C)n(CCCC2CCCCC2)c(=O)[nH]1. The Labute approximate surface area is 127 Å². The van der Waals surface area contributed by atoms with Crippen LogP contribution in [0.2, 0.25) is 0 Å². The van der Waals surface area contributed by atoms with Crippen LogP contribution in [-0.4, -0.2) is 9.55 Å². The van der Waals surface area contributed by atoms with Gasteiger partial charge in [-0.2, -0.15) is 0 Å². The highest BCUT2D eigenvalue weighted by atomic mass is 16.1. The monoisotopic (exact) mass is 288 g/mol. The first-order chi connectivity index (χ1) is 10.2. The molecule has 1 saturated carbocycles. The molecule has 0 aliphatic heterocycles. The van der Waals surface area contributed by atoms with E-state index in [9.17, 15) is 4.79 Å². The highest BCUT2D eigenvalue weighted by Crippen LogP contribution is 2.27. The Morgan fingerprint density at radius 2 is 1.86 bits per heavy atom. The molecule has 0 spiro atoms. The average Bonchev–Trinajstić information content (AvgIpc) is 2.53. The van der Waals surface area contributed by atoms with Crippen molar-refractivity contribution >= 4 is 0 Å². The smallest absolute Gasteiger partial charge is 0.312 e. The number of aromatic amines is 1. The second kappa shape index (κ2) is 8.06. The minimum Gasteiger partial charge on any atom is -0.312 e. The van der Waals surface area contributed by atoms with Gasteiger partial charge in [0.05, 0.1) is 0 Å². The van der Waals surface area contributed by atoms with Crippen LogP contribution in [0.15, 0.2) is 29.1 Å². The van der Waals surface area contributed by atoms with Gasteiger partial charge in [0.15, 0.2) is 0 Å². The summed E-state index contributed by atoms with van der Waals surface area (Å²) in [5.74, 6) is 0.880. The molecule has 1 aromatic rings. The van der Waals surface area contributed by atoms with Crippen LogP contribution >= 0.6 is 0 Å². The maximum atomic E-state index is 12.3. The summed E-state index contributed by atoms with van der Waals surface area (Å²) in [5, 5.41) is 0. The molecule has 0 aromatic carbocycles. The maximum absolute atomic E-state index is 12.3. The lowest BCUT2D eigenvalue weighted by Gasteiger charge is -2.21. The van der Waals surface area contributed by atoms with Gasteiger partial charge in [-0.1, -0.05) is 44.2 Å². The Bertz CT molecular complexity index is 549. The van der Waals surface area contributed by atoms with Crippen molar-refractivity contribution in [2.24, 2.45) is 5.92 Å². The predicted molar refractivity (Wildman–Crippen MR) is 88.0 cm³/mol. The first-order valence-electron chi connectivity index (χ1n) is 8.27. The zero-order valence-electron chi connectivity index (χ0n) is 13.4. The van der Waals surface area contributed by atoms with Crippen molar-refractivity contribution in [1.82, 2.24) is 9.55 Å². The van der Waals surface area contributed by atoms with Gasteiger partial charge in [-0.05, 0) is 44.7 Å². The first kappa shape index (κ1) is 15.9. The second-order valence-electron chi connectivity index (χ2n) is 6.27. The largest absolute Gasteiger partial charge is 0.325 e. The van der Waals surface area contributed by atoms with Gasteiger partial charge < -0.3 is 4.98 Å². The third-order valence-corrected chi connectivity index (χ3v) is 4.49. The molecule has 0 bridgehead atoms. The lowest BCUT2D eigenvalue weighted by atomic mass is 9.86. The summed E-state index contributed by atoms with van der Waals surface area (Å²) in [5.41, 5.74) is 1.89. The van der Waals surface area contributed by atoms with Crippen molar-refractivity contribution in [2.45, 2.75) is 65.3 Å². The minimum absolute atomic E-state index is 0.00940.